The molecule has 1 aromatic heterocycles. The van der Waals surface area contributed by atoms with Crippen LogP contribution in [-0.2, 0) is 11.3 Å². The Bertz CT molecular complexity index is 414. The Morgan fingerprint density at radius 1 is 1.38 bits per heavy atom. The zero-order valence-electron chi connectivity index (χ0n) is 13.6. The van der Waals surface area contributed by atoms with Gasteiger partial charge < -0.3 is 14.8 Å². The molecule has 2 heterocycles. The number of aryl methyl sites for hydroxylation is 1. The fraction of sp³-hybridized carbons (Fsp3) is 0.812. The summed E-state index contributed by atoms with van der Waals surface area (Å²) < 4.78 is 13.2. The van der Waals surface area contributed by atoms with Crippen molar-refractivity contribution in [1.29, 1.82) is 0 Å². The van der Waals surface area contributed by atoms with Gasteiger partial charge in [-0.15, -0.1) is 0 Å². The lowest BCUT2D eigenvalue weighted by Crippen LogP contribution is -2.34. The molecule has 120 valence electrons. The normalized spacial score (nSPS) is 17.9. The highest BCUT2D eigenvalue weighted by atomic mass is 16.5. The summed E-state index contributed by atoms with van der Waals surface area (Å²) in [5.41, 5.74) is 1.21. The highest BCUT2D eigenvalue weighted by Gasteiger charge is 2.30. The number of hydrogen-bond donors (Lipinski definition) is 1. The van der Waals surface area contributed by atoms with Crippen LogP contribution in [0.5, 0.6) is 5.75 Å². The van der Waals surface area contributed by atoms with E-state index in [4.69, 9.17) is 9.47 Å². The molecule has 5 nitrogen and oxygen atoms in total. The summed E-state index contributed by atoms with van der Waals surface area (Å²) >= 11 is 0. The molecule has 1 aliphatic heterocycles. The van der Waals surface area contributed by atoms with E-state index < -0.39 is 0 Å². The molecule has 0 aliphatic carbocycles. The van der Waals surface area contributed by atoms with Crippen LogP contribution in [0.4, 0.5) is 0 Å². The number of nitrogens with zero attached hydrogens (tertiary/aromatic N) is 2. The number of hydrogen-bond acceptors (Lipinski definition) is 4. The zero-order chi connectivity index (χ0) is 15.1. The van der Waals surface area contributed by atoms with Crippen molar-refractivity contribution < 1.29 is 9.47 Å². The monoisotopic (exact) mass is 295 g/mol. The molecule has 1 aromatic rings. The Morgan fingerprint density at radius 2 is 2.14 bits per heavy atom. The second kappa shape index (κ2) is 8.39. The molecule has 21 heavy (non-hydrogen) atoms. The van der Waals surface area contributed by atoms with Crippen LogP contribution in [0.2, 0.25) is 0 Å². The Morgan fingerprint density at radius 3 is 2.76 bits per heavy atom. The molecule has 1 aliphatic rings. The molecule has 0 spiro atoms. The standard InChI is InChI=1S/C16H29N3O2/c1-4-8-17-15(13-6-10-21-11-7-13)16-14(20-3)12-18-19(16)9-5-2/h12-13,15,17H,4-11H2,1-3H3. The zero-order valence-corrected chi connectivity index (χ0v) is 13.6. The highest BCUT2D eigenvalue weighted by Crippen LogP contribution is 2.35. The Balaban J connectivity index is 2.27. The molecular formula is C16H29N3O2. The highest BCUT2D eigenvalue weighted by molar-refractivity contribution is 5.29. The van der Waals surface area contributed by atoms with Gasteiger partial charge in [-0.25, -0.2) is 0 Å². The first-order valence-corrected chi connectivity index (χ1v) is 8.22. The lowest BCUT2D eigenvalue weighted by molar-refractivity contribution is 0.0520. The average molecular weight is 295 g/mol. The van der Waals surface area contributed by atoms with E-state index in [1.54, 1.807) is 7.11 Å². The van der Waals surface area contributed by atoms with Gasteiger partial charge in [0.15, 0.2) is 5.75 Å². The summed E-state index contributed by atoms with van der Waals surface area (Å²) in [5, 5.41) is 8.24. The lowest BCUT2D eigenvalue weighted by Gasteiger charge is -2.32. The van der Waals surface area contributed by atoms with Crippen molar-refractivity contribution in [3.05, 3.63) is 11.9 Å². The van der Waals surface area contributed by atoms with Crippen LogP contribution in [0.25, 0.3) is 0 Å². The predicted octanol–water partition coefficient (Wildman–Crippen LogP) is 2.77. The predicted molar refractivity (Wildman–Crippen MR) is 83.6 cm³/mol. The Hall–Kier alpha value is -1.07. The van der Waals surface area contributed by atoms with Gasteiger partial charge in [-0.2, -0.15) is 5.10 Å². The van der Waals surface area contributed by atoms with Gasteiger partial charge >= 0.3 is 0 Å². The fourth-order valence-corrected chi connectivity index (χ4v) is 3.07. The van der Waals surface area contributed by atoms with E-state index in [-0.39, 0.29) is 0 Å². The topological polar surface area (TPSA) is 48.3 Å². The van der Waals surface area contributed by atoms with E-state index in [0.717, 1.165) is 57.7 Å². The number of methoxy groups -OCH3 is 1. The minimum absolute atomic E-state index is 0.304. The summed E-state index contributed by atoms with van der Waals surface area (Å²) in [6.07, 6.45) is 6.25. The molecular weight excluding hydrogens is 266 g/mol. The second-order valence-electron chi connectivity index (χ2n) is 5.70. The number of aromatic nitrogens is 2. The molecule has 1 atom stereocenters. The molecule has 1 saturated heterocycles. The third kappa shape index (κ3) is 3.98. The van der Waals surface area contributed by atoms with Crippen molar-refractivity contribution in [3.63, 3.8) is 0 Å². The molecule has 0 aromatic carbocycles. The van der Waals surface area contributed by atoms with E-state index in [0.29, 0.717) is 12.0 Å². The quantitative estimate of drug-likeness (QED) is 0.801. The Kier molecular flexibility index (Phi) is 6.51. The summed E-state index contributed by atoms with van der Waals surface area (Å²) in [6, 6.07) is 0.304. The van der Waals surface area contributed by atoms with Crippen LogP contribution in [0.3, 0.4) is 0 Å². The van der Waals surface area contributed by atoms with Crippen molar-refractivity contribution in [3.8, 4) is 5.75 Å². The molecule has 0 bridgehead atoms. The molecule has 1 N–H and O–H groups in total. The lowest BCUT2D eigenvalue weighted by atomic mass is 9.89. The van der Waals surface area contributed by atoms with Gasteiger partial charge in [0.05, 0.1) is 25.0 Å². The molecule has 0 radical (unpaired) electrons. The maximum atomic E-state index is 5.57. The summed E-state index contributed by atoms with van der Waals surface area (Å²) in [7, 11) is 1.73. The van der Waals surface area contributed by atoms with Crippen molar-refractivity contribution in [2.24, 2.45) is 5.92 Å². The SMILES string of the molecule is CCCNC(c1c(OC)cnn1CCC)C1CCOCC1. The first kappa shape index (κ1) is 16.3. The van der Waals surface area contributed by atoms with Gasteiger partial charge in [-0.3, -0.25) is 4.68 Å². The summed E-state index contributed by atoms with van der Waals surface area (Å²) in [5.74, 6) is 1.50. The van der Waals surface area contributed by atoms with Crippen LogP contribution >= 0.6 is 0 Å². The first-order valence-electron chi connectivity index (χ1n) is 8.22. The second-order valence-corrected chi connectivity index (χ2v) is 5.70. The number of nitrogens with one attached hydrogen (secondary N) is 1. The Labute approximate surface area is 128 Å². The van der Waals surface area contributed by atoms with Crippen LogP contribution in [0.15, 0.2) is 6.20 Å². The van der Waals surface area contributed by atoms with E-state index in [9.17, 15) is 0 Å². The van der Waals surface area contributed by atoms with Crippen LogP contribution < -0.4 is 10.1 Å². The van der Waals surface area contributed by atoms with Gasteiger partial charge in [0.1, 0.15) is 0 Å². The van der Waals surface area contributed by atoms with Crippen LogP contribution in [0.1, 0.15) is 51.3 Å². The van der Waals surface area contributed by atoms with Crippen LogP contribution in [0, 0.1) is 5.92 Å². The molecule has 0 saturated carbocycles. The maximum Gasteiger partial charge on any atom is 0.161 e. The first-order chi connectivity index (χ1) is 10.3. The van der Waals surface area contributed by atoms with Crippen molar-refractivity contribution in [2.45, 2.75) is 52.1 Å². The van der Waals surface area contributed by atoms with E-state index in [1.165, 1.54) is 5.69 Å². The van der Waals surface area contributed by atoms with Crippen LogP contribution in [-0.4, -0.2) is 36.6 Å². The number of ether oxygens (including phenoxy) is 2. The van der Waals surface area contributed by atoms with Gasteiger partial charge in [0.25, 0.3) is 0 Å². The summed E-state index contributed by atoms with van der Waals surface area (Å²) in [6.45, 7) is 8.06. The van der Waals surface area contributed by atoms with E-state index in [1.807, 2.05) is 6.20 Å². The minimum Gasteiger partial charge on any atom is -0.493 e. The van der Waals surface area contributed by atoms with E-state index >= 15 is 0 Å². The molecule has 2 rings (SSSR count). The smallest absolute Gasteiger partial charge is 0.161 e. The maximum absolute atomic E-state index is 5.57. The van der Waals surface area contributed by atoms with Gasteiger partial charge in [-0.05, 0) is 38.1 Å². The van der Waals surface area contributed by atoms with Gasteiger partial charge in [0.2, 0.25) is 0 Å². The minimum atomic E-state index is 0.304. The van der Waals surface area contributed by atoms with Gasteiger partial charge in [0, 0.05) is 19.8 Å². The molecule has 1 unspecified atom stereocenters. The van der Waals surface area contributed by atoms with Crippen molar-refractivity contribution >= 4 is 0 Å². The summed E-state index contributed by atoms with van der Waals surface area (Å²) in [4.78, 5) is 0. The number of rotatable bonds is 8. The van der Waals surface area contributed by atoms with Crippen molar-refractivity contribution in [1.82, 2.24) is 15.1 Å². The van der Waals surface area contributed by atoms with Gasteiger partial charge in [-0.1, -0.05) is 13.8 Å². The largest absolute Gasteiger partial charge is 0.493 e. The van der Waals surface area contributed by atoms with Crippen molar-refractivity contribution in [2.75, 3.05) is 26.9 Å². The third-order valence-corrected chi connectivity index (χ3v) is 4.15. The van der Waals surface area contributed by atoms with E-state index in [2.05, 4.69) is 28.9 Å². The average Bonchev–Trinajstić information content (AvgIpc) is 2.92. The molecule has 1 fully saturated rings. The molecule has 5 heteroatoms. The third-order valence-electron chi connectivity index (χ3n) is 4.15. The fourth-order valence-electron chi connectivity index (χ4n) is 3.07. The molecule has 0 amide bonds.